The van der Waals surface area contributed by atoms with Crippen LogP contribution in [0, 0.1) is 17.8 Å². The third kappa shape index (κ3) is 2.78. The van der Waals surface area contributed by atoms with Gasteiger partial charge in [-0.2, -0.15) is 0 Å². The number of methoxy groups -OCH3 is 1. The minimum atomic E-state index is 0.101. The Hall–Kier alpha value is -1.22. The van der Waals surface area contributed by atoms with Gasteiger partial charge in [-0.3, -0.25) is 4.79 Å². The van der Waals surface area contributed by atoms with Gasteiger partial charge in [0.15, 0.2) is 0 Å². The van der Waals surface area contributed by atoms with Crippen LogP contribution in [0.2, 0.25) is 5.02 Å². The molecule has 0 unspecified atom stereocenters. The monoisotopic (exact) mass is 293 g/mol. The highest BCUT2D eigenvalue weighted by atomic mass is 35.5. The summed E-state index contributed by atoms with van der Waals surface area (Å²) >= 11 is 6.06. The first-order valence-corrected chi connectivity index (χ1v) is 7.67. The summed E-state index contributed by atoms with van der Waals surface area (Å²) in [7, 11) is 1.58. The number of rotatable bonds is 4. The number of hydrogen-bond acceptors (Lipinski definition) is 2. The molecule has 3 rings (SSSR count). The molecule has 0 radical (unpaired) electrons. The van der Waals surface area contributed by atoms with E-state index in [-0.39, 0.29) is 5.91 Å². The molecule has 2 bridgehead atoms. The largest absolute Gasteiger partial charge is 0.495 e. The Morgan fingerprint density at radius 3 is 2.85 bits per heavy atom. The fraction of sp³-hybridized carbons (Fsp3) is 0.562. The number of halogens is 1. The lowest BCUT2D eigenvalue weighted by Gasteiger charge is -2.21. The molecule has 20 heavy (non-hydrogen) atoms. The van der Waals surface area contributed by atoms with Gasteiger partial charge in [0.05, 0.1) is 12.1 Å². The molecule has 0 saturated heterocycles. The molecule has 1 amide bonds. The second-order valence-corrected chi connectivity index (χ2v) is 6.44. The van der Waals surface area contributed by atoms with E-state index in [1.54, 1.807) is 19.2 Å². The molecule has 108 valence electrons. The molecule has 1 N–H and O–H groups in total. The van der Waals surface area contributed by atoms with Gasteiger partial charge in [0.2, 0.25) is 5.91 Å². The highest BCUT2D eigenvalue weighted by molar-refractivity contribution is 6.32. The molecular formula is C16H20ClNO2. The maximum atomic E-state index is 12.1. The lowest BCUT2D eigenvalue weighted by molar-refractivity contribution is -0.117. The molecule has 3 nitrogen and oxygen atoms in total. The topological polar surface area (TPSA) is 38.3 Å². The minimum absolute atomic E-state index is 0.101. The van der Waals surface area contributed by atoms with E-state index in [1.165, 1.54) is 25.7 Å². The average molecular weight is 294 g/mol. The summed E-state index contributed by atoms with van der Waals surface area (Å²) in [5, 5.41) is 3.46. The second-order valence-electron chi connectivity index (χ2n) is 6.04. The second kappa shape index (κ2) is 5.65. The van der Waals surface area contributed by atoms with E-state index in [0.717, 1.165) is 17.5 Å². The predicted molar refractivity (Wildman–Crippen MR) is 80.2 cm³/mol. The van der Waals surface area contributed by atoms with Crippen molar-refractivity contribution in [1.29, 1.82) is 0 Å². The normalized spacial score (nSPS) is 27.6. The number of amides is 1. The van der Waals surface area contributed by atoms with Crippen LogP contribution in [0.5, 0.6) is 5.75 Å². The molecule has 2 fully saturated rings. The molecule has 4 heteroatoms. The molecule has 0 aliphatic heterocycles. The third-order valence-electron chi connectivity index (χ3n) is 4.77. The molecule has 0 spiro atoms. The van der Waals surface area contributed by atoms with Crippen LogP contribution in [0.1, 0.15) is 32.1 Å². The van der Waals surface area contributed by atoms with E-state index in [4.69, 9.17) is 16.3 Å². The maximum absolute atomic E-state index is 12.1. The third-order valence-corrected chi connectivity index (χ3v) is 5.06. The first-order chi connectivity index (χ1) is 9.65. The highest BCUT2D eigenvalue weighted by Crippen LogP contribution is 2.49. The van der Waals surface area contributed by atoms with Gasteiger partial charge < -0.3 is 10.1 Å². The summed E-state index contributed by atoms with van der Waals surface area (Å²) < 4.78 is 5.10. The van der Waals surface area contributed by atoms with Crippen LogP contribution in [0.25, 0.3) is 0 Å². The Morgan fingerprint density at radius 1 is 1.40 bits per heavy atom. The summed E-state index contributed by atoms with van der Waals surface area (Å²) in [6.07, 6.45) is 5.91. The lowest BCUT2D eigenvalue weighted by atomic mass is 9.86. The molecule has 2 aliphatic carbocycles. The van der Waals surface area contributed by atoms with Crippen LogP contribution in [0.15, 0.2) is 18.2 Å². The van der Waals surface area contributed by atoms with Crippen LogP contribution in [0.4, 0.5) is 5.69 Å². The fourth-order valence-corrected chi connectivity index (χ4v) is 4.08. The van der Waals surface area contributed by atoms with Crippen molar-refractivity contribution in [3.8, 4) is 5.75 Å². The van der Waals surface area contributed by atoms with Crippen molar-refractivity contribution in [1.82, 2.24) is 0 Å². The zero-order chi connectivity index (χ0) is 14.1. The van der Waals surface area contributed by atoms with Crippen molar-refractivity contribution in [2.45, 2.75) is 32.1 Å². The Balaban J connectivity index is 1.57. The smallest absolute Gasteiger partial charge is 0.224 e. The van der Waals surface area contributed by atoms with Crippen molar-refractivity contribution in [3.05, 3.63) is 23.2 Å². The summed E-state index contributed by atoms with van der Waals surface area (Å²) in [4.78, 5) is 12.1. The van der Waals surface area contributed by atoms with E-state index in [9.17, 15) is 4.79 Å². The van der Waals surface area contributed by atoms with E-state index in [0.29, 0.717) is 23.1 Å². The molecule has 1 aromatic carbocycles. The van der Waals surface area contributed by atoms with E-state index in [2.05, 4.69) is 5.32 Å². The number of nitrogens with one attached hydrogen (secondary N) is 1. The van der Waals surface area contributed by atoms with Crippen LogP contribution in [0.3, 0.4) is 0 Å². The maximum Gasteiger partial charge on any atom is 0.224 e. The van der Waals surface area contributed by atoms with Crippen LogP contribution in [-0.4, -0.2) is 13.0 Å². The zero-order valence-corrected chi connectivity index (χ0v) is 12.5. The standard InChI is InChI=1S/C16H20ClNO2/c1-20-15-5-4-13(9-14(15)17)18-16(19)8-12-7-10-2-3-11(12)6-10/h4-5,9-12H,2-3,6-8H2,1H3,(H,18,19)/t10-,11+,12-/m0/s1. The van der Waals surface area contributed by atoms with Gasteiger partial charge in [-0.05, 0) is 55.2 Å². The van der Waals surface area contributed by atoms with Crippen LogP contribution in [-0.2, 0) is 4.79 Å². The predicted octanol–water partition coefficient (Wildman–Crippen LogP) is 4.11. The quantitative estimate of drug-likeness (QED) is 0.907. The first-order valence-electron chi connectivity index (χ1n) is 7.29. The summed E-state index contributed by atoms with van der Waals surface area (Å²) in [6.45, 7) is 0. The molecule has 0 heterocycles. The number of carbonyl (C=O) groups excluding carboxylic acids is 1. The van der Waals surface area contributed by atoms with Gasteiger partial charge in [-0.1, -0.05) is 18.0 Å². The molecule has 3 atom stereocenters. The number of carbonyl (C=O) groups is 1. The molecular weight excluding hydrogens is 274 g/mol. The van der Waals surface area contributed by atoms with Crippen LogP contribution < -0.4 is 10.1 Å². The van der Waals surface area contributed by atoms with Gasteiger partial charge >= 0.3 is 0 Å². The SMILES string of the molecule is COc1ccc(NC(=O)C[C@@H]2C[C@H]3CC[C@@H]2C3)cc1Cl. The fourth-order valence-electron chi connectivity index (χ4n) is 3.82. The van der Waals surface area contributed by atoms with Crippen molar-refractivity contribution >= 4 is 23.2 Å². The average Bonchev–Trinajstić information content (AvgIpc) is 3.01. The summed E-state index contributed by atoms with van der Waals surface area (Å²) in [5.41, 5.74) is 0.740. The van der Waals surface area contributed by atoms with Crippen LogP contribution >= 0.6 is 11.6 Å². The molecule has 2 aliphatic rings. The summed E-state index contributed by atoms with van der Waals surface area (Å²) in [6, 6.07) is 5.33. The molecule has 0 aromatic heterocycles. The minimum Gasteiger partial charge on any atom is -0.495 e. The van der Waals surface area contributed by atoms with Gasteiger partial charge in [-0.25, -0.2) is 0 Å². The Morgan fingerprint density at radius 2 is 2.25 bits per heavy atom. The first kappa shape index (κ1) is 13.7. The van der Waals surface area contributed by atoms with E-state index in [1.807, 2.05) is 6.07 Å². The van der Waals surface area contributed by atoms with E-state index >= 15 is 0 Å². The van der Waals surface area contributed by atoms with Gasteiger partial charge in [0, 0.05) is 12.1 Å². The number of benzene rings is 1. The number of anilines is 1. The molecule has 2 saturated carbocycles. The number of hydrogen-bond donors (Lipinski definition) is 1. The number of ether oxygens (including phenoxy) is 1. The lowest BCUT2D eigenvalue weighted by Crippen LogP contribution is -2.20. The highest BCUT2D eigenvalue weighted by Gasteiger charge is 2.40. The van der Waals surface area contributed by atoms with Gasteiger partial charge in [-0.15, -0.1) is 0 Å². The van der Waals surface area contributed by atoms with Crippen molar-refractivity contribution in [2.75, 3.05) is 12.4 Å². The molecule has 1 aromatic rings. The van der Waals surface area contributed by atoms with E-state index < -0.39 is 0 Å². The van der Waals surface area contributed by atoms with Crippen molar-refractivity contribution in [2.24, 2.45) is 17.8 Å². The zero-order valence-electron chi connectivity index (χ0n) is 11.7. The van der Waals surface area contributed by atoms with Gasteiger partial charge in [0.25, 0.3) is 0 Å². The Bertz CT molecular complexity index is 517. The van der Waals surface area contributed by atoms with Crippen molar-refractivity contribution in [3.63, 3.8) is 0 Å². The summed E-state index contributed by atoms with van der Waals surface area (Å²) in [5.74, 6) is 2.97. The Labute approximate surface area is 124 Å². The van der Waals surface area contributed by atoms with Crippen molar-refractivity contribution < 1.29 is 9.53 Å². The number of fused-ring (bicyclic) bond motifs is 2. The van der Waals surface area contributed by atoms with Gasteiger partial charge in [0.1, 0.15) is 5.75 Å². The Kier molecular flexibility index (Phi) is 3.88.